The van der Waals surface area contributed by atoms with Crippen LogP contribution in [0.3, 0.4) is 0 Å². The zero-order chi connectivity index (χ0) is 22.9. The maximum Gasteiger partial charge on any atom is 0.338 e. The Balaban J connectivity index is 2.56. The van der Waals surface area contributed by atoms with Gasteiger partial charge >= 0.3 is 11.9 Å². The molecule has 0 saturated carbocycles. The van der Waals surface area contributed by atoms with Gasteiger partial charge in [-0.3, -0.25) is 4.79 Å². The fraction of sp³-hybridized carbons (Fsp3) is 0.640. The van der Waals surface area contributed by atoms with Crippen LogP contribution in [0.2, 0.25) is 0 Å². The summed E-state index contributed by atoms with van der Waals surface area (Å²) in [5.41, 5.74) is 0.329. The van der Waals surface area contributed by atoms with Crippen molar-refractivity contribution in [2.75, 3.05) is 13.2 Å². The minimum absolute atomic E-state index is 0.0715. The van der Waals surface area contributed by atoms with Crippen LogP contribution in [0.1, 0.15) is 122 Å². The Hall–Kier alpha value is -1.88. The fourth-order valence-electron chi connectivity index (χ4n) is 3.24. The molecule has 0 saturated heterocycles. The van der Waals surface area contributed by atoms with Crippen LogP contribution in [0.15, 0.2) is 18.2 Å². The van der Waals surface area contributed by atoms with E-state index in [1.165, 1.54) is 56.7 Å². The van der Waals surface area contributed by atoms with Crippen molar-refractivity contribution >= 4 is 28.8 Å². The van der Waals surface area contributed by atoms with E-state index in [-0.39, 0.29) is 16.7 Å². The number of hydrogen-bond donors (Lipinski definition) is 0. The van der Waals surface area contributed by atoms with Gasteiger partial charge < -0.3 is 9.47 Å². The Morgan fingerprint density at radius 3 is 1.35 bits per heavy atom. The minimum atomic E-state index is -0.740. The van der Waals surface area contributed by atoms with Gasteiger partial charge in [0.05, 0.1) is 24.3 Å². The number of halogens is 1. The second-order valence-electron chi connectivity index (χ2n) is 7.88. The summed E-state index contributed by atoms with van der Waals surface area (Å²) in [6.45, 7) is 4.95. The van der Waals surface area contributed by atoms with Crippen LogP contribution in [-0.2, 0) is 9.47 Å². The fourth-order valence-corrected chi connectivity index (χ4v) is 3.35. The molecule has 0 aliphatic heterocycles. The van der Waals surface area contributed by atoms with E-state index in [4.69, 9.17) is 21.1 Å². The quantitative estimate of drug-likeness (QED) is 0.143. The van der Waals surface area contributed by atoms with Gasteiger partial charge in [-0.2, -0.15) is 0 Å². The van der Waals surface area contributed by atoms with Gasteiger partial charge in [0.1, 0.15) is 0 Å². The van der Waals surface area contributed by atoms with Crippen LogP contribution in [-0.4, -0.2) is 30.4 Å². The smallest absolute Gasteiger partial charge is 0.338 e. The van der Waals surface area contributed by atoms with Crippen LogP contribution in [0.4, 0.5) is 0 Å². The standard InChI is InChI=1S/C25H37ClO5/c1-3-5-7-9-11-13-15-30-24(28)21-17-20(23(26)27)18-22(19-21)25(29)31-16-14-12-10-8-6-4-2/h17-19H,3-16H2,1-2H3. The molecule has 0 amide bonds. The van der Waals surface area contributed by atoms with Crippen LogP contribution in [0, 0.1) is 0 Å². The molecule has 0 aliphatic carbocycles. The lowest BCUT2D eigenvalue weighted by Gasteiger charge is -2.09. The van der Waals surface area contributed by atoms with Gasteiger partial charge in [-0.15, -0.1) is 0 Å². The minimum Gasteiger partial charge on any atom is -0.462 e. The second-order valence-corrected chi connectivity index (χ2v) is 8.22. The first kappa shape index (κ1) is 27.2. The highest BCUT2D eigenvalue weighted by Crippen LogP contribution is 2.16. The van der Waals surface area contributed by atoms with Gasteiger partial charge in [-0.1, -0.05) is 78.1 Å². The molecule has 0 fully saturated rings. The third-order valence-corrected chi connectivity index (χ3v) is 5.31. The van der Waals surface area contributed by atoms with Gasteiger partial charge in [0.15, 0.2) is 0 Å². The Morgan fingerprint density at radius 1 is 0.613 bits per heavy atom. The van der Waals surface area contributed by atoms with Crippen molar-refractivity contribution in [3.63, 3.8) is 0 Å². The van der Waals surface area contributed by atoms with E-state index in [1.807, 2.05) is 0 Å². The molecule has 1 aromatic carbocycles. The molecule has 0 bridgehead atoms. The van der Waals surface area contributed by atoms with Gasteiger partial charge in [-0.25, -0.2) is 9.59 Å². The molecule has 6 heteroatoms. The molecule has 0 unspecified atom stereocenters. The summed E-state index contributed by atoms with van der Waals surface area (Å²) < 4.78 is 10.6. The van der Waals surface area contributed by atoms with E-state index in [2.05, 4.69) is 13.8 Å². The van der Waals surface area contributed by atoms with E-state index in [9.17, 15) is 14.4 Å². The van der Waals surface area contributed by atoms with Crippen molar-refractivity contribution in [1.82, 2.24) is 0 Å². The molecule has 174 valence electrons. The summed E-state index contributed by atoms with van der Waals surface area (Å²) in [7, 11) is 0. The second kappa shape index (κ2) is 16.8. The lowest BCUT2D eigenvalue weighted by molar-refractivity contribution is 0.0496. The monoisotopic (exact) mass is 452 g/mol. The normalized spacial score (nSPS) is 10.7. The highest BCUT2D eigenvalue weighted by atomic mass is 35.5. The Bertz CT molecular complexity index is 638. The number of ether oxygens (including phenoxy) is 2. The SMILES string of the molecule is CCCCCCCCOC(=O)c1cc(C(=O)Cl)cc(C(=O)OCCCCCCCC)c1. The molecule has 31 heavy (non-hydrogen) atoms. The third kappa shape index (κ3) is 11.9. The maximum atomic E-state index is 12.4. The number of unbranched alkanes of at least 4 members (excludes halogenated alkanes) is 10. The molecule has 0 aliphatic rings. The van der Waals surface area contributed by atoms with Gasteiger partial charge in [0.2, 0.25) is 0 Å². The zero-order valence-electron chi connectivity index (χ0n) is 19.1. The van der Waals surface area contributed by atoms with E-state index >= 15 is 0 Å². The number of benzene rings is 1. The highest BCUT2D eigenvalue weighted by Gasteiger charge is 2.17. The topological polar surface area (TPSA) is 69.7 Å². The number of esters is 2. The third-order valence-electron chi connectivity index (χ3n) is 5.09. The van der Waals surface area contributed by atoms with Crippen LogP contribution < -0.4 is 0 Å². The molecule has 0 aromatic heterocycles. The van der Waals surface area contributed by atoms with E-state index in [0.717, 1.165) is 38.5 Å². The highest BCUT2D eigenvalue weighted by molar-refractivity contribution is 6.67. The van der Waals surface area contributed by atoms with E-state index < -0.39 is 17.2 Å². The van der Waals surface area contributed by atoms with Crippen molar-refractivity contribution in [2.24, 2.45) is 0 Å². The van der Waals surface area contributed by atoms with Crippen LogP contribution >= 0.6 is 11.6 Å². The number of carbonyl (C=O) groups excluding carboxylic acids is 3. The largest absolute Gasteiger partial charge is 0.462 e. The Labute approximate surface area is 191 Å². The molecular weight excluding hydrogens is 416 g/mol. The molecule has 0 spiro atoms. The predicted molar refractivity (Wildman–Crippen MR) is 124 cm³/mol. The summed E-state index contributed by atoms with van der Waals surface area (Å²) in [5.74, 6) is -1.14. The Morgan fingerprint density at radius 2 is 0.968 bits per heavy atom. The molecule has 0 heterocycles. The summed E-state index contributed by atoms with van der Waals surface area (Å²) in [5, 5.41) is -0.740. The van der Waals surface area contributed by atoms with Crippen LogP contribution in [0.5, 0.6) is 0 Å². The zero-order valence-corrected chi connectivity index (χ0v) is 19.8. The number of carbonyl (C=O) groups is 3. The van der Waals surface area contributed by atoms with Crippen molar-refractivity contribution in [1.29, 1.82) is 0 Å². The van der Waals surface area contributed by atoms with Crippen molar-refractivity contribution < 1.29 is 23.9 Å². The van der Waals surface area contributed by atoms with Gasteiger partial charge in [0.25, 0.3) is 5.24 Å². The summed E-state index contributed by atoms with van der Waals surface area (Å²) in [6.07, 6.45) is 13.0. The molecule has 1 aromatic rings. The van der Waals surface area contributed by atoms with Crippen molar-refractivity contribution in [3.05, 3.63) is 34.9 Å². The van der Waals surface area contributed by atoms with E-state index in [0.29, 0.717) is 13.2 Å². The first-order valence-electron chi connectivity index (χ1n) is 11.7. The summed E-state index contributed by atoms with van der Waals surface area (Å²) in [6, 6.07) is 4.10. The molecule has 1 rings (SSSR count). The number of rotatable bonds is 17. The predicted octanol–water partition coefficient (Wildman–Crippen LogP) is 7.10. The molecular formula is C25H37ClO5. The van der Waals surface area contributed by atoms with Gasteiger partial charge in [0, 0.05) is 5.56 Å². The average Bonchev–Trinajstić information content (AvgIpc) is 2.77. The van der Waals surface area contributed by atoms with Crippen molar-refractivity contribution in [2.45, 2.75) is 90.9 Å². The molecule has 0 radical (unpaired) electrons. The first-order valence-corrected chi connectivity index (χ1v) is 12.1. The molecule has 5 nitrogen and oxygen atoms in total. The molecule has 0 N–H and O–H groups in total. The van der Waals surface area contributed by atoms with Crippen molar-refractivity contribution in [3.8, 4) is 0 Å². The molecule has 0 atom stereocenters. The summed E-state index contributed by atoms with van der Waals surface area (Å²) in [4.78, 5) is 36.4. The first-order chi connectivity index (χ1) is 15.0. The Kier molecular flexibility index (Phi) is 14.7. The van der Waals surface area contributed by atoms with E-state index in [1.54, 1.807) is 0 Å². The average molecular weight is 453 g/mol. The lowest BCUT2D eigenvalue weighted by atomic mass is 10.1. The number of hydrogen-bond acceptors (Lipinski definition) is 5. The maximum absolute atomic E-state index is 12.4. The summed E-state index contributed by atoms with van der Waals surface area (Å²) >= 11 is 5.59. The van der Waals surface area contributed by atoms with Gasteiger partial charge in [-0.05, 0) is 42.6 Å². The van der Waals surface area contributed by atoms with Crippen LogP contribution in [0.25, 0.3) is 0 Å². The lowest BCUT2D eigenvalue weighted by Crippen LogP contribution is -2.12.